The summed E-state index contributed by atoms with van der Waals surface area (Å²) in [6.45, 7) is 1.20. The second-order valence-electron chi connectivity index (χ2n) is 6.56. The number of benzene rings is 2. The van der Waals surface area contributed by atoms with Crippen LogP contribution in [0.15, 0.2) is 54.6 Å². The Kier molecular flexibility index (Phi) is 8.42. The number of para-hydroxylation sites is 1. The van der Waals surface area contributed by atoms with Gasteiger partial charge in [-0.25, -0.2) is 4.79 Å². The number of nitrogens with zero attached hydrogens (tertiary/aromatic N) is 1. The molecule has 0 saturated carbocycles. The van der Waals surface area contributed by atoms with Crippen LogP contribution in [0.5, 0.6) is 0 Å². The minimum atomic E-state index is -4.94. The first-order valence-electron chi connectivity index (χ1n) is 9.54. The lowest BCUT2D eigenvalue weighted by molar-refractivity contribution is -0.185. The largest absolute Gasteiger partial charge is 0.471 e. The van der Waals surface area contributed by atoms with Gasteiger partial charge in [0.05, 0.1) is 0 Å². The summed E-state index contributed by atoms with van der Waals surface area (Å²) < 4.78 is 38.0. The number of anilines is 2. The summed E-state index contributed by atoms with van der Waals surface area (Å²) in [4.78, 5) is 36.0. The Bertz CT molecular complexity index is 904. The average molecular weight is 436 g/mol. The Balaban J connectivity index is 1.82. The van der Waals surface area contributed by atoms with E-state index in [0.29, 0.717) is 21.8 Å². The van der Waals surface area contributed by atoms with Gasteiger partial charge in [-0.1, -0.05) is 30.3 Å². The van der Waals surface area contributed by atoms with E-state index >= 15 is 0 Å². The van der Waals surface area contributed by atoms with E-state index in [1.165, 1.54) is 13.0 Å². The van der Waals surface area contributed by atoms with Gasteiger partial charge in [-0.15, -0.1) is 0 Å². The highest BCUT2D eigenvalue weighted by atomic mass is 19.4. The summed E-state index contributed by atoms with van der Waals surface area (Å²) in [6.07, 6.45) is -4.94. The molecule has 2 aromatic carbocycles. The molecule has 0 spiro atoms. The van der Waals surface area contributed by atoms with Gasteiger partial charge >= 0.3 is 18.1 Å². The topological polar surface area (TPSA) is 90.5 Å². The van der Waals surface area contributed by atoms with E-state index in [4.69, 9.17) is 0 Å². The lowest BCUT2D eigenvalue weighted by Crippen LogP contribution is -2.40. The Labute approximate surface area is 177 Å². The van der Waals surface area contributed by atoms with Gasteiger partial charge in [0.1, 0.15) is 0 Å². The van der Waals surface area contributed by atoms with Crippen molar-refractivity contribution in [1.82, 2.24) is 10.2 Å². The Morgan fingerprint density at radius 1 is 0.935 bits per heavy atom. The van der Waals surface area contributed by atoms with Gasteiger partial charge in [0.15, 0.2) is 0 Å². The summed E-state index contributed by atoms with van der Waals surface area (Å²) in [7, 11) is 0. The number of carbonyl (C=O) groups excluding carboxylic acids is 3. The van der Waals surface area contributed by atoms with Crippen LogP contribution in [0.1, 0.15) is 18.9 Å². The average Bonchev–Trinajstić information content (AvgIpc) is 2.72. The summed E-state index contributed by atoms with van der Waals surface area (Å²) in [5.74, 6) is -2.29. The minimum absolute atomic E-state index is 0.0000813. The number of hydrogen-bond donors (Lipinski definition) is 3. The number of halogens is 3. The van der Waals surface area contributed by atoms with Crippen LogP contribution in [-0.2, 0) is 16.1 Å². The zero-order valence-electron chi connectivity index (χ0n) is 16.8. The molecule has 2 aromatic rings. The van der Waals surface area contributed by atoms with Crippen LogP contribution in [-0.4, -0.2) is 42.0 Å². The zero-order chi connectivity index (χ0) is 22.9. The molecule has 0 aliphatic rings. The fourth-order valence-corrected chi connectivity index (χ4v) is 2.68. The predicted molar refractivity (Wildman–Crippen MR) is 110 cm³/mol. The standard InChI is InChI=1S/C21H23F3N4O3/c1-2-28(19(30)21(22,23)24)14-15-7-6-10-17(13-15)26-18(29)11-12-25-20(31)27-16-8-4-3-5-9-16/h3-10,13H,2,11-12,14H2,1H3,(H,26,29)(H2,25,27,31). The molecule has 10 heteroatoms. The second kappa shape index (κ2) is 11.0. The third-order valence-corrected chi connectivity index (χ3v) is 4.16. The van der Waals surface area contributed by atoms with Crippen molar-refractivity contribution in [3.05, 3.63) is 60.2 Å². The SMILES string of the molecule is CCN(Cc1cccc(NC(=O)CCNC(=O)Nc2ccccc2)c1)C(=O)C(F)(F)F. The summed E-state index contributed by atoms with van der Waals surface area (Å²) in [5, 5.41) is 7.80. The molecule has 166 valence electrons. The highest BCUT2D eigenvalue weighted by Crippen LogP contribution is 2.21. The van der Waals surface area contributed by atoms with Gasteiger partial charge in [0, 0.05) is 37.4 Å². The van der Waals surface area contributed by atoms with Crippen LogP contribution < -0.4 is 16.0 Å². The molecule has 3 N–H and O–H groups in total. The van der Waals surface area contributed by atoms with Gasteiger partial charge in [0.25, 0.3) is 0 Å². The predicted octanol–water partition coefficient (Wildman–Crippen LogP) is 3.75. The molecular weight excluding hydrogens is 413 g/mol. The Morgan fingerprint density at radius 3 is 2.26 bits per heavy atom. The zero-order valence-corrected chi connectivity index (χ0v) is 16.8. The van der Waals surface area contributed by atoms with Crippen LogP contribution in [0.4, 0.5) is 29.3 Å². The van der Waals surface area contributed by atoms with Crippen LogP contribution in [0.25, 0.3) is 0 Å². The summed E-state index contributed by atoms with van der Waals surface area (Å²) >= 11 is 0. The molecule has 0 unspecified atom stereocenters. The summed E-state index contributed by atoms with van der Waals surface area (Å²) in [5.41, 5.74) is 1.44. The fraction of sp³-hybridized carbons (Fsp3) is 0.286. The molecule has 0 heterocycles. The van der Waals surface area contributed by atoms with Crippen molar-refractivity contribution < 1.29 is 27.6 Å². The van der Waals surface area contributed by atoms with E-state index in [1.54, 1.807) is 42.5 Å². The third kappa shape index (κ3) is 8.00. The van der Waals surface area contributed by atoms with Crippen molar-refractivity contribution in [2.24, 2.45) is 0 Å². The van der Waals surface area contributed by atoms with Gasteiger partial charge in [-0.3, -0.25) is 9.59 Å². The monoisotopic (exact) mass is 436 g/mol. The highest BCUT2D eigenvalue weighted by molar-refractivity contribution is 5.92. The van der Waals surface area contributed by atoms with E-state index in [-0.39, 0.29) is 32.0 Å². The number of carbonyl (C=O) groups is 3. The lowest BCUT2D eigenvalue weighted by Gasteiger charge is -2.22. The third-order valence-electron chi connectivity index (χ3n) is 4.16. The van der Waals surface area contributed by atoms with Gasteiger partial charge in [-0.2, -0.15) is 13.2 Å². The first-order valence-corrected chi connectivity index (χ1v) is 9.54. The molecule has 0 aliphatic carbocycles. The van der Waals surface area contributed by atoms with Gasteiger partial charge in [0.2, 0.25) is 5.91 Å². The molecule has 0 aliphatic heterocycles. The first kappa shape index (κ1) is 23.7. The molecule has 0 bridgehead atoms. The van der Waals surface area contributed by atoms with E-state index < -0.39 is 18.1 Å². The minimum Gasteiger partial charge on any atom is -0.337 e. The molecule has 0 saturated heterocycles. The maximum absolute atomic E-state index is 12.7. The molecule has 0 aromatic heterocycles. The maximum atomic E-state index is 12.7. The van der Waals surface area contributed by atoms with Crippen molar-refractivity contribution >= 4 is 29.2 Å². The molecular formula is C21H23F3N4O3. The Morgan fingerprint density at radius 2 is 1.61 bits per heavy atom. The summed E-state index contributed by atoms with van der Waals surface area (Å²) in [6, 6.07) is 14.6. The molecule has 31 heavy (non-hydrogen) atoms. The van der Waals surface area contributed by atoms with E-state index in [9.17, 15) is 27.6 Å². The van der Waals surface area contributed by atoms with Crippen LogP contribution >= 0.6 is 0 Å². The van der Waals surface area contributed by atoms with Crippen molar-refractivity contribution in [3.8, 4) is 0 Å². The molecule has 0 radical (unpaired) electrons. The smallest absolute Gasteiger partial charge is 0.337 e. The van der Waals surface area contributed by atoms with Gasteiger partial charge < -0.3 is 20.9 Å². The second-order valence-corrected chi connectivity index (χ2v) is 6.56. The molecule has 4 amide bonds. The number of rotatable bonds is 8. The maximum Gasteiger partial charge on any atom is 0.471 e. The van der Waals surface area contributed by atoms with Crippen molar-refractivity contribution in [3.63, 3.8) is 0 Å². The number of amides is 4. The fourth-order valence-electron chi connectivity index (χ4n) is 2.68. The highest BCUT2D eigenvalue weighted by Gasteiger charge is 2.41. The molecule has 0 atom stereocenters. The first-order chi connectivity index (χ1) is 14.7. The molecule has 0 fully saturated rings. The quantitative estimate of drug-likeness (QED) is 0.589. The Hall–Kier alpha value is -3.56. The lowest BCUT2D eigenvalue weighted by atomic mass is 10.2. The van der Waals surface area contributed by atoms with Crippen molar-refractivity contribution in [2.75, 3.05) is 23.7 Å². The van der Waals surface area contributed by atoms with E-state index in [2.05, 4.69) is 16.0 Å². The van der Waals surface area contributed by atoms with Crippen LogP contribution in [0.2, 0.25) is 0 Å². The van der Waals surface area contributed by atoms with Gasteiger partial charge in [-0.05, 0) is 36.8 Å². The normalized spacial score (nSPS) is 10.8. The van der Waals surface area contributed by atoms with Crippen LogP contribution in [0.3, 0.4) is 0 Å². The van der Waals surface area contributed by atoms with E-state index in [1.807, 2.05) is 6.07 Å². The van der Waals surface area contributed by atoms with Crippen molar-refractivity contribution in [2.45, 2.75) is 26.1 Å². The molecule has 7 nitrogen and oxygen atoms in total. The number of hydrogen-bond acceptors (Lipinski definition) is 3. The number of urea groups is 1. The number of alkyl halides is 3. The number of nitrogens with one attached hydrogen (secondary N) is 3. The van der Waals surface area contributed by atoms with Crippen molar-refractivity contribution in [1.29, 1.82) is 0 Å². The molecule has 2 rings (SSSR count). The van der Waals surface area contributed by atoms with Crippen LogP contribution in [0, 0.1) is 0 Å². The van der Waals surface area contributed by atoms with E-state index in [0.717, 1.165) is 0 Å².